The van der Waals surface area contributed by atoms with E-state index >= 15 is 0 Å². The Morgan fingerprint density at radius 3 is 2.47 bits per heavy atom. The van der Waals surface area contributed by atoms with Gasteiger partial charge in [-0.15, -0.1) is 0 Å². The van der Waals surface area contributed by atoms with Gasteiger partial charge in [-0.2, -0.15) is 18.3 Å². The van der Waals surface area contributed by atoms with Crippen LogP contribution in [0.25, 0.3) is 5.69 Å². The van der Waals surface area contributed by atoms with Crippen LogP contribution in [0.5, 0.6) is 0 Å². The van der Waals surface area contributed by atoms with Gasteiger partial charge < -0.3 is 5.32 Å². The zero-order valence-electron chi connectivity index (χ0n) is 9.69. The van der Waals surface area contributed by atoms with E-state index in [1.165, 1.54) is 12.1 Å². The van der Waals surface area contributed by atoms with Crippen molar-refractivity contribution in [3.05, 3.63) is 48.3 Å². The van der Waals surface area contributed by atoms with Crippen LogP contribution in [0, 0.1) is 0 Å². The number of hydrogen-bond donors (Lipinski definition) is 1. The molecule has 0 aliphatic heterocycles. The van der Waals surface area contributed by atoms with Crippen molar-refractivity contribution in [1.82, 2.24) is 15.1 Å². The van der Waals surface area contributed by atoms with Gasteiger partial charge in [0, 0.05) is 18.0 Å². The molecule has 1 aromatic carbocycles. The normalized spacial score (nSPS) is 11.3. The molecule has 1 N–H and O–H groups in total. The quantitative estimate of drug-likeness (QED) is 0.928. The van der Waals surface area contributed by atoms with Crippen molar-refractivity contribution in [3.8, 4) is 5.69 Å². The minimum Gasteiger partial charge on any atom is -0.343 e. The average molecular weight is 269 g/mol. The lowest BCUT2D eigenvalue weighted by atomic mass is 10.2. The summed E-state index contributed by atoms with van der Waals surface area (Å²) in [4.78, 5) is 11.5. The van der Waals surface area contributed by atoms with Crippen LogP contribution in [0.4, 0.5) is 13.2 Å². The van der Waals surface area contributed by atoms with Crippen molar-refractivity contribution in [2.45, 2.75) is 6.18 Å². The molecule has 0 saturated carbocycles. The molecule has 0 aliphatic carbocycles. The number of aromatic nitrogens is 2. The lowest BCUT2D eigenvalue weighted by molar-refractivity contribution is -0.123. The topological polar surface area (TPSA) is 46.9 Å². The summed E-state index contributed by atoms with van der Waals surface area (Å²) < 4.78 is 37.4. The SMILES string of the molecule is O=C(NCC(F)(F)F)c1ccc(-n2cccn2)cc1. The highest BCUT2D eigenvalue weighted by Gasteiger charge is 2.27. The molecule has 1 heterocycles. The Hall–Kier alpha value is -2.31. The molecule has 0 unspecified atom stereocenters. The number of carbonyl (C=O) groups excluding carboxylic acids is 1. The van der Waals surface area contributed by atoms with Gasteiger partial charge in [0.25, 0.3) is 5.91 Å². The predicted molar refractivity (Wildman–Crippen MR) is 62.0 cm³/mol. The van der Waals surface area contributed by atoms with Gasteiger partial charge in [-0.3, -0.25) is 4.79 Å². The van der Waals surface area contributed by atoms with E-state index in [0.717, 1.165) is 5.69 Å². The van der Waals surface area contributed by atoms with E-state index in [1.54, 1.807) is 40.6 Å². The van der Waals surface area contributed by atoms with Crippen LogP contribution in [-0.2, 0) is 0 Å². The lowest BCUT2D eigenvalue weighted by Crippen LogP contribution is -2.33. The summed E-state index contributed by atoms with van der Waals surface area (Å²) in [5.41, 5.74) is 0.887. The van der Waals surface area contributed by atoms with E-state index in [0.29, 0.717) is 0 Å². The number of halogens is 3. The largest absolute Gasteiger partial charge is 0.405 e. The second-order valence-electron chi connectivity index (χ2n) is 3.80. The molecule has 7 heteroatoms. The summed E-state index contributed by atoms with van der Waals surface area (Å²) in [5.74, 6) is -0.760. The van der Waals surface area contributed by atoms with E-state index in [1.807, 2.05) is 0 Å². The van der Waals surface area contributed by atoms with Crippen LogP contribution < -0.4 is 5.32 Å². The van der Waals surface area contributed by atoms with Crippen LogP contribution in [-0.4, -0.2) is 28.4 Å². The standard InChI is InChI=1S/C12H10F3N3O/c13-12(14,15)8-16-11(19)9-2-4-10(5-3-9)18-7-1-6-17-18/h1-7H,8H2,(H,16,19). The summed E-state index contributed by atoms with van der Waals surface area (Å²) in [6, 6.07) is 7.85. The van der Waals surface area contributed by atoms with Gasteiger partial charge in [0.05, 0.1) is 5.69 Å². The highest BCUT2D eigenvalue weighted by molar-refractivity contribution is 5.94. The summed E-state index contributed by atoms with van der Waals surface area (Å²) >= 11 is 0. The second-order valence-corrected chi connectivity index (χ2v) is 3.80. The summed E-state index contributed by atoms with van der Waals surface area (Å²) in [7, 11) is 0. The molecule has 0 saturated heterocycles. The van der Waals surface area contributed by atoms with Crippen molar-refractivity contribution >= 4 is 5.91 Å². The Balaban J connectivity index is 2.04. The predicted octanol–water partition coefficient (Wildman–Crippen LogP) is 2.16. The van der Waals surface area contributed by atoms with Crippen LogP contribution in [0.2, 0.25) is 0 Å². The van der Waals surface area contributed by atoms with Crippen molar-refractivity contribution in [2.24, 2.45) is 0 Å². The third-order valence-electron chi connectivity index (χ3n) is 2.35. The molecule has 0 aliphatic rings. The minimum atomic E-state index is -4.41. The van der Waals surface area contributed by atoms with Gasteiger partial charge in [0.15, 0.2) is 0 Å². The number of alkyl halides is 3. The van der Waals surface area contributed by atoms with Gasteiger partial charge >= 0.3 is 6.18 Å². The molecule has 1 amide bonds. The van der Waals surface area contributed by atoms with Gasteiger partial charge in [0.1, 0.15) is 6.54 Å². The number of nitrogens with one attached hydrogen (secondary N) is 1. The fourth-order valence-electron chi connectivity index (χ4n) is 1.47. The molecule has 0 bridgehead atoms. The van der Waals surface area contributed by atoms with Gasteiger partial charge in [-0.1, -0.05) is 0 Å². The Morgan fingerprint density at radius 2 is 1.95 bits per heavy atom. The van der Waals surface area contributed by atoms with Crippen molar-refractivity contribution in [1.29, 1.82) is 0 Å². The molecule has 2 aromatic rings. The third kappa shape index (κ3) is 3.57. The highest BCUT2D eigenvalue weighted by atomic mass is 19.4. The van der Waals surface area contributed by atoms with Crippen LogP contribution in [0.1, 0.15) is 10.4 Å². The molecule has 19 heavy (non-hydrogen) atoms. The maximum Gasteiger partial charge on any atom is 0.405 e. The van der Waals surface area contributed by atoms with Crippen molar-refractivity contribution < 1.29 is 18.0 Å². The number of benzene rings is 1. The zero-order valence-corrected chi connectivity index (χ0v) is 9.69. The van der Waals surface area contributed by atoms with Gasteiger partial charge in [-0.05, 0) is 30.3 Å². The Labute approximate surface area is 106 Å². The molecule has 2 rings (SSSR count). The van der Waals surface area contributed by atoms with Gasteiger partial charge in [-0.25, -0.2) is 4.68 Å². The maximum absolute atomic E-state index is 12.0. The molecule has 0 spiro atoms. The number of amides is 1. The summed E-state index contributed by atoms with van der Waals surface area (Å²) in [5, 5.41) is 5.80. The zero-order chi connectivity index (χ0) is 13.9. The molecule has 4 nitrogen and oxygen atoms in total. The number of nitrogens with zero attached hydrogens (tertiary/aromatic N) is 2. The fraction of sp³-hybridized carbons (Fsp3) is 0.167. The number of carbonyl (C=O) groups is 1. The smallest absolute Gasteiger partial charge is 0.343 e. The number of hydrogen-bond acceptors (Lipinski definition) is 2. The van der Waals surface area contributed by atoms with Crippen molar-refractivity contribution in [2.75, 3.05) is 6.54 Å². The molecule has 0 radical (unpaired) electrons. The molecule has 1 aromatic heterocycles. The van der Waals surface area contributed by atoms with E-state index < -0.39 is 18.6 Å². The van der Waals surface area contributed by atoms with E-state index in [-0.39, 0.29) is 5.56 Å². The Bertz CT molecular complexity index is 547. The monoisotopic (exact) mass is 269 g/mol. The Morgan fingerprint density at radius 1 is 1.26 bits per heavy atom. The molecular weight excluding hydrogens is 259 g/mol. The van der Waals surface area contributed by atoms with E-state index in [9.17, 15) is 18.0 Å². The summed E-state index contributed by atoms with van der Waals surface area (Å²) in [6.45, 7) is -1.34. The highest BCUT2D eigenvalue weighted by Crippen LogP contribution is 2.13. The first-order valence-corrected chi connectivity index (χ1v) is 5.41. The number of rotatable bonds is 3. The molecule has 0 atom stereocenters. The Kier molecular flexibility index (Phi) is 3.55. The van der Waals surface area contributed by atoms with Crippen LogP contribution in [0.15, 0.2) is 42.7 Å². The molecular formula is C12H10F3N3O. The average Bonchev–Trinajstić information content (AvgIpc) is 2.89. The first-order chi connectivity index (χ1) is 8.96. The van der Waals surface area contributed by atoms with E-state index in [4.69, 9.17) is 0 Å². The minimum absolute atomic E-state index is 0.167. The summed E-state index contributed by atoms with van der Waals surface area (Å²) in [6.07, 6.45) is -1.09. The third-order valence-corrected chi connectivity index (χ3v) is 2.35. The van der Waals surface area contributed by atoms with E-state index in [2.05, 4.69) is 5.10 Å². The molecule has 100 valence electrons. The molecule has 0 fully saturated rings. The maximum atomic E-state index is 12.0. The van der Waals surface area contributed by atoms with Crippen LogP contribution in [0.3, 0.4) is 0 Å². The van der Waals surface area contributed by atoms with Crippen molar-refractivity contribution in [3.63, 3.8) is 0 Å². The fourth-order valence-corrected chi connectivity index (χ4v) is 1.47. The van der Waals surface area contributed by atoms with Crippen LogP contribution >= 0.6 is 0 Å². The first kappa shape index (κ1) is 13.1. The first-order valence-electron chi connectivity index (χ1n) is 5.41. The lowest BCUT2D eigenvalue weighted by Gasteiger charge is -2.08. The second kappa shape index (κ2) is 5.13. The van der Waals surface area contributed by atoms with Gasteiger partial charge in [0.2, 0.25) is 0 Å².